The molecule has 1 rings (SSSR count). The van der Waals surface area contributed by atoms with Gasteiger partial charge in [0.05, 0.1) is 7.57 Å². The summed E-state index contributed by atoms with van der Waals surface area (Å²) in [7, 11) is 0. The van der Waals surface area contributed by atoms with Crippen LogP contribution in [0, 0.1) is 0 Å². The minimum Gasteiger partial charge on any atom is -0.370 e. The molecule has 1 amide bonds. The molecule has 1 aromatic rings. The largest absolute Gasteiger partial charge is 0.370 e. The Morgan fingerprint density at radius 3 is 2.64 bits per heavy atom. The molecule has 0 bridgehead atoms. The van der Waals surface area contributed by atoms with Crippen LogP contribution in [0.1, 0.15) is 24.4 Å². The van der Waals surface area contributed by atoms with E-state index in [1.165, 1.54) is 0 Å². The molecule has 1 aromatic heterocycles. The van der Waals surface area contributed by atoms with Crippen molar-refractivity contribution in [3.63, 3.8) is 0 Å². The van der Waals surface area contributed by atoms with Crippen LogP contribution >= 0.6 is 43.2 Å². The smallest absolute Gasteiger partial charge is 0.217 e. The Balaban J connectivity index is 2.64. The molecule has 0 aliphatic rings. The highest BCUT2D eigenvalue weighted by Crippen LogP contribution is 2.35. The van der Waals surface area contributed by atoms with Gasteiger partial charge in [0.1, 0.15) is 0 Å². The molecule has 0 aromatic carbocycles. The van der Waals surface area contributed by atoms with E-state index in [2.05, 4.69) is 31.9 Å². The van der Waals surface area contributed by atoms with Crippen molar-refractivity contribution >= 4 is 49.1 Å². The maximum Gasteiger partial charge on any atom is 0.217 e. The molecule has 6 heteroatoms. The number of thiophene rings is 1. The Labute approximate surface area is 103 Å². The molecular formula is C8H10Br2N2OS. The van der Waals surface area contributed by atoms with Crippen molar-refractivity contribution in [2.75, 3.05) is 0 Å². The molecule has 0 aliphatic heterocycles. The van der Waals surface area contributed by atoms with Crippen molar-refractivity contribution in [3.05, 3.63) is 19.2 Å². The van der Waals surface area contributed by atoms with Crippen LogP contribution in [0.15, 0.2) is 13.6 Å². The second-order valence-corrected chi connectivity index (χ2v) is 6.64. The van der Waals surface area contributed by atoms with Gasteiger partial charge in [-0.25, -0.2) is 0 Å². The van der Waals surface area contributed by atoms with Crippen molar-refractivity contribution in [2.24, 2.45) is 11.5 Å². The average Bonchev–Trinajstić information content (AvgIpc) is 2.41. The maximum atomic E-state index is 10.6. The van der Waals surface area contributed by atoms with E-state index in [1.54, 1.807) is 11.3 Å². The van der Waals surface area contributed by atoms with Gasteiger partial charge in [0.2, 0.25) is 5.91 Å². The summed E-state index contributed by atoms with van der Waals surface area (Å²) < 4.78 is 2.02. The number of nitrogens with two attached hydrogens (primary N) is 2. The summed E-state index contributed by atoms with van der Waals surface area (Å²) in [4.78, 5) is 10.6. The van der Waals surface area contributed by atoms with Crippen molar-refractivity contribution in [1.29, 1.82) is 0 Å². The molecule has 1 heterocycles. The Kier molecular flexibility index (Phi) is 4.56. The predicted molar refractivity (Wildman–Crippen MR) is 65.1 cm³/mol. The van der Waals surface area contributed by atoms with Gasteiger partial charge < -0.3 is 11.5 Å². The highest BCUT2D eigenvalue weighted by molar-refractivity contribution is 9.12. The van der Waals surface area contributed by atoms with E-state index >= 15 is 0 Å². The van der Waals surface area contributed by atoms with E-state index in [0.29, 0.717) is 12.8 Å². The molecule has 4 N–H and O–H groups in total. The zero-order valence-electron chi connectivity index (χ0n) is 7.30. The van der Waals surface area contributed by atoms with E-state index in [4.69, 9.17) is 11.5 Å². The maximum absolute atomic E-state index is 10.6. The summed E-state index contributed by atoms with van der Waals surface area (Å²) in [5, 5.41) is 0. The van der Waals surface area contributed by atoms with Crippen molar-refractivity contribution in [1.82, 2.24) is 0 Å². The summed E-state index contributed by atoms with van der Waals surface area (Å²) >= 11 is 8.36. The summed E-state index contributed by atoms with van der Waals surface area (Å²) in [6.45, 7) is 0. The van der Waals surface area contributed by atoms with Crippen LogP contribution in [-0.4, -0.2) is 5.91 Å². The first-order valence-electron chi connectivity index (χ1n) is 3.99. The predicted octanol–water partition coefficient (Wildman–Crippen LogP) is 2.54. The minimum absolute atomic E-state index is 0.139. The molecule has 0 radical (unpaired) electrons. The molecule has 0 spiro atoms. The molecular weight excluding hydrogens is 332 g/mol. The molecule has 0 saturated heterocycles. The Morgan fingerprint density at radius 1 is 1.57 bits per heavy atom. The fraction of sp³-hybridized carbons (Fsp3) is 0.375. The number of primary amides is 1. The summed E-state index contributed by atoms with van der Waals surface area (Å²) in [5.41, 5.74) is 12.0. The first-order chi connectivity index (χ1) is 6.50. The van der Waals surface area contributed by atoms with Gasteiger partial charge >= 0.3 is 0 Å². The molecule has 0 saturated carbocycles. The zero-order chi connectivity index (χ0) is 10.7. The lowest BCUT2D eigenvalue weighted by Gasteiger charge is -2.08. The quantitative estimate of drug-likeness (QED) is 0.883. The highest BCUT2D eigenvalue weighted by atomic mass is 79.9. The average molecular weight is 342 g/mol. The second-order valence-electron chi connectivity index (χ2n) is 2.89. The lowest BCUT2D eigenvalue weighted by Crippen LogP contribution is -2.16. The van der Waals surface area contributed by atoms with Gasteiger partial charge in [-0.2, -0.15) is 0 Å². The Morgan fingerprint density at radius 2 is 2.21 bits per heavy atom. The lowest BCUT2D eigenvalue weighted by atomic mass is 10.1. The first kappa shape index (κ1) is 12.2. The monoisotopic (exact) mass is 340 g/mol. The number of hydrogen-bond acceptors (Lipinski definition) is 3. The number of amides is 1. The molecule has 78 valence electrons. The molecule has 0 fully saturated rings. The van der Waals surface area contributed by atoms with Crippen molar-refractivity contribution in [3.8, 4) is 0 Å². The van der Waals surface area contributed by atoms with Crippen LogP contribution < -0.4 is 11.5 Å². The van der Waals surface area contributed by atoms with Crippen molar-refractivity contribution in [2.45, 2.75) is 18.9 Å². The topological polar surface area (TPSA) is 69.1 Å². The molecule has 0 aliphatic carbocycles. The van der Waals surface area contributed by atoms with Crippen LogP contribution in [0.4, 0.5) is 0 Å². The normalized spacial score (nSPS) is 12.8. The van der Waals surface area contributed by atoms with Gasteiger partial charge in [-0.15, -0.1) is 11.3 Å². The highest BCUT2D eigenvalue weighted by Gasteiger charge is 2.13. The number of hydrogen-bond donors (Lipinski definition) is 2. The zero-order valence-corrected chi connectivity index (χ0v) is 11.3. The molecule has 1 atom stereocenters. The Bertz CT molecular complexity index is 340. The van der Waals surface area contributed by atoms with E-state index in [1.807, 2.05) is 6.07 Å². The molecule has 14 heavy (non-hydrogen) atoms. The van der Waals surface area contributed by atoms with Gasteiger partial charge in [0.15, 0.2) is 0 Å². The number of halogens is 2. The Hall–Kier alpha value is 0.0900. The summed E-state index contributed by atoms with van der Waals surface area (Å²) in [5.74, 6) is -0.314. The van der Waals surface area contributed by atoms with E-state index in [9.17, 15) is 4.79 Å². The van der Waals surface area contributed by atoms with Crippen LogP contribution in [0.5, 0.6) is 0 Å². The van der Waals surface area contributed by atoms with Crippen LogP contribution in [0.3, 0.4) is 0 Å². The van der Waals surface area contributed by atoms with E-state index in [-0.39, 0.29) is 11.9 Å². The van der Waals surface area contributed by atoms with Gasteiger partial charge in [-0.3, -0.25) is 4.79 Å². The lowest BCUT2D eigenvalue weighted by molar-refractivity contribution is -0.118. The van der Waals surface area contributed by atoms with E-state index < -0.39 is 0 Å². The second kappa shape index (κ2) is 5.25. The van der Waals surface area contributed by atoms with Crippen LogP contribution in [-0.2, 0) is 4.79 Å². The molecule has 1 unspecified atom stereocenters. The van der Waals surface area contributed by atoms with Gasteiger partial charge in [-0.1, -0.05) is 0 Å². The number of carbonyl (C=O) groups is 1. The van der Waals surface area contributed by atoms with E-state index in [0.717, 1.165) is 13.1 Å². The number of carbonyl (C=O) groups excluding carboxylic acids is 1. The fourth-order valence-electron chi connectivity index (χ4n) is 1.06. The number of rotatable bonds is 4. The third-order valence-electron chi connectivity index (χ3n) is 1.78. The third-order valence-corrected chi connectivity index (χ3v) is 4.17. The van der Waals surface area contributed by atoms with Crippen LogP contribution in [0.25, 0.3) is 0 Å². The van der Waals surface area contributed by atoms with Crippen molar-refractivity contribution < 1.29 is 4.79 Å². The standard InChI is InChI=1S/C8H10Br2N2OS/c9-6-3-4(8(10)14-6)5(11)1-2-7(12)13/h3,5H,1-2,11H2,(H2,12,13). The van der Waals surface area contributed by atoms with Gasteiger partial charge in [0.25, 0.3) is 0 Å². The van der Waals surface area contributed by atoms with Gasteiger partial charge in [0, 0.05) is 12.5 Å². The van der Waals surface area contributed by atoms with Gasteiger partial charge in [-0.05, 0) is 49.9 Å². The summed E-state index contributed by atoms with van der Waals surface area (Å²) in [6.07, 6.45) is 0.901. The third kappa shape index (κ3) is 3.34. The van der Waals surface area contributed by atoms with Crippen LogP contribution in [0.2, 0.25) is 0 Å². The first-order valence-corrected chi connectivity index (χ1v) is 6.39. The SMILES string of the molecule is NC(=O)CCC(N)c1cc(Br)sc1Br. The minimum atomic E-state index is -0.314. The fourth-order valence-corrected chi connectivity index (χ4v) is 4.06. The molecule has 3 nitrogen and oxygen atoms in total. The summed E-state index contributed by atoms with van der Waals surface area (Å²) in [6, 6.07) is 1.82.